The molecule has 110 valence electrons. The molecule has 5 heteroatoms. The van der Waals surface area contributed by atoms with Crippen molar-refractivity contribution in [1.29, 1.82) is 0 Å². The Morgan fingerprint density at radius 2 is 1.94 bits per heavy atom. The number of carbonyl (C=O) groups excluding carboxylic acids is 1. The summed E-state index contributed by atoms with van der Waals surface area (Å²) in [4.78, 5) is 10.3. The van der Waals surface area contributed by atoms with Crippen molar-refractivity contribution in [3.8, 4) is 0 Å². The van der Waals surface area contributed by atoms with Gasteiger partial charge in [-0.3, -0.25) is 4.79 Å². The Kier molecular flexibility index (Phi) is 12.5. The molecule has 5 nitrogen and oxygen atoms in total. The van der Waals surface area contributed by atoms with Gasteiger partial charge < -0.3 is 19.3 Å². The van der Waals surface area contributed by atoms with Crippen LogP contribution < -0.4 is 0 Å². The molecule has 0 bridgehead atoms. The highest BCUT2D eigenvalue weighted by Gasteiger charge is 2.15. The zero-order valence-corrected chi connectivity index (χ0v) is 12.5. The number of methoxy groups -OCH3 is 1. The molecule has 0 aromatic heterocycles. The van der Waals surface area contributed by atoms with E-state index in [0.29, 0.717) is 6.61 Å². The van der Waals surface area contributed by atoms with Crippen molar-refractivity contribution in [3.05, 3.63) is 0 Å². The maximum Gasteiger partial charge on any atom is 0.302 e. The summed E-state index contributed by atoms with van der Waals surface area (Å²) in [5.41, 5.74) is 0. The van der Waals surface area contributed by atoms with Gasteiger partial charge in [0, 0.05) is 20.6 Å². The highest BCUT2D eigenvalue weighted by Crippen LogP contribution is 2.11. The molecule has 0 spiro atoms. The number of aliphatic hydroxyl groups is 1. The Hall–Kier alpha value is -0.650. The molecule has 1 rings (SSSR count). The van der Waals surface area contributed by atoms with E-state index in [-0.39, 0.29) is 12.1 Å². The van der Waals surface area contributed by atoms with Crippen LogP contribution in [0.25, 0.3) is 0 Å². The molecule has 18 heavy (non-hydrogen) atoms. The van der Waals surface area contributed by atoms with Crippen molar-refractivity contribution in [2.45, 2.75) is 59.4 Å². The third-order valence-electron chi connectivity index (χ3n) is 2.00. The number of esters is 1. The second-order valence-electron chi connectivity index (χ2n) is 4.09. The van der Waals surface area contributed by atoms with Crippen LogP contribution in [0, 0.1) is 0 Å². The molecule has 1 aliphatic rings. The monoisotopic (exact) mass is 264 g/mol. The second-order valence-corrected chi connectivity index (χ2v) is 4.09. The van der Waals surface area contributed by atoms with Gasteiger partial charge in [0.05, 0.1) is 6.10 Å². The first-order valence-electron chi connectivity index (χ1n) is 6.37. The molecular weight excluding hydrogens is 236 g/mol. The van der Waals surface area contributed by atoms with Gasteiger partial charge in [-0.2, -0.15) is 0 Å². The van der Waals surface area contributed by atoms with Crippen molar-refractivity contribution < 1.29 is 24.1 Å². The Morgan fingerprint density at radius 3 is 2.22 bits per heavy atom. The lowest BCUT2D eigenvalue weighted by Gasteiger charge is -2.12. The van der Waals surface area contributed by atoms with Gasteiger partial charge in [-0.1, -0.05) is 13.8 Å². The highest BCUT2D eigenvalue weighted by atomic mass is 16.6. The molecular formula is C13H28O5. The van der Waals surface area contributed by atoms with E-state index in [1.807, 2.05) is 13.8 Å². The van der Waals surface area contributed by atoms with Gasteiger partial charge in [-0.15, -0.1) is 0 Å². The van der Waals surface area contributed by atoms with Crippen molar-refractivity contribution in [1.82, 2.24) is 0 Å². The van der Waals surface area contributed by atoms with Gasteiger partial charge in [0.25, 0.3) is 0 Å². The maximum absolute atomic E-state index is 10.3. The highest BCUT2D eigenvalue weighted by molar-refractivity contribution is 5.65. The zero-order valence-electron chi connectivity index (χ0n) is 12.5. The number of hydrogen-bond acceptors (Lipinski definition) is 5. The fourth-order valence-corrected chi connectivity index (χ4v) is 0.986. The molecule has 1 aliphatic heterocycles. The summed E-state index contributed by atoms with van der Waals surface area (Å²) in [6, 6.07) is 0. The molecule has 0 aliphatic carbocycles. The SMILES string of the molecule is CC.CC(=O)OC[C@@H]1CCCO1.COC(C)(C)O. The normalized spacial score (nSPS) is 18.1. The average molecular weight is 264 g/mol. The smallest absolute Gasteiger partial charge is 0.302 e. The molecule has 0 radical (unpaired) electrons. The van der Waals surface area contributed by atoms with Crippen LogP contribution in [-0.2, 0) is 19.0 Å². The minimum atomic E-state index is -0.958. The molecule has 0 saturated carbocycles. The first-order chi connectivity index (χ1) is 8.35. The van der Waals surface area contributed by atoms with Gasteiger partial charge >= 0.3 is 5.97 Å². The average Bonchev–Trinajstić information content (AvgIpc) is 2.82. The summed E-state index contributed by atoms with van der Waals surface area (Å²) in [5.74, 6) is -1.18. The minimum Gasteiger partial charge on any atom is -0.463 e. The fraction of sp³-hybridized carbons (Fsp3) is 0.923. The van der Waals surface area contributed by atoms with E-state index in [4.69, 9.17) is 14.6 Å². The predicted octanol–water partition coefficient (Wildman–Crippen LogP) is 2.12. The first-order valence-corrected chi connectivity index (χ1v) is 6.37. The number of hydrogen-bond donors (Lipinski definition) is 1. The van der Waals surface area contributed by atoms with E-state index in [2.05, 4.69) is 4.74 Å². The molecule has 1 N–H and O–H groups in total. The van der Waals surface area contributed by atoms with E-state index in [9.17, 15) is 4.79 Å². The number of ether oxygens (including phenoxy) is 3. The Balaban J connectivity index is 0. The molecule has 1 saturated heterocycles. The summed E-state index contributed by atoms with van der Waals surface area (Å²) in [7, 11) is 1.46. The van der Waals surface area contributed by atoms with Crippen LogP contribution in [0.15, 0.2) is 0 Å². The molecule has 1 fully saturated rings. The zero-order chi connectivity index (χ0) is 14.6. The van der Waals surface area contributed by atoms with Crippen molar-refractivity contribution in [2.24, 2.45) is 0 Å². The largest absolute Gasteiger partial charge is 0.463 e. The van der Waals surface area contributed by atoms with E-state index >= 15 is 0 Å². The second kappa shape index (κ2) is 11.4. The van der Waals surface area contributed by atoms with Crippen LogP contribution in [0.1, 0.15) is 47.5 Å². The lowest BCUT2D eigenvalue weighted by Crippen LogP contribution is -2.20. The maximum atomic E-state index is 10.3. The number of rotatable bonds is 3. The van der Waals surface area contributed by atoms with Crippen LogP contribution in [0.5, 0.6) is 0 Å². The molecule has 0 unspecified atom stereocenters. The van der Waals surface area contributed by atoms with E-state index < -0.39 is 5.79 Å². The molecule has 0 aromatic carbocycles. The summed E-state index contributed by atoms with van der Waals surface area (Å²) in [6.07, 6.45) is 2.27. The van der Waals surface area contributed by atoms with Crippen LogP contribution in [-0.4, -0.2) is 43.3 Å². The van der Waals surface area contributed by atoms with Gasteiger partial charge in [0.1, 0.15) is 6.61 Å². The third-order valence-corrected chi connectivity index (χ3v) is 2.00. The molecule has 0 aromatic rings. The first kappa shape index (κ1) is 19.7. The lowest BCUT2D eigenvalue weighted by molar-refractivity contribution is -0.155. The quantitative estimate of drug-likeness (QED) is 0.625. The molecule has 1 heterocycles. The standard InChI is InChI=1S/C7H12O3.C4H10O2.C2H6/c1-6(8)10-5-7-3-2-4-9-7;1-4(2,5)6-3;1-2/h7H,2-5H2,1H3;5H,1-3H3;1-2H3/t7-;;/m0../s1. The van der Waals surface area contributed by atoms with E-state index in [1.165, 1.54) is 14.0 Å². The summed E-state index contributed by atoms with van der Waals surface area (Å²) in [5, 5.41) is 8.60. The van der Waals surface area contributed by atoms with Crippen LogP contribution in [0.3, 0.4) is 0 Å². The molecule has 0 amide bonds. The summed E-state index contributed by atoms with van der Waals surface area (Å²) < 4.78 is 14.5. The van der Waals surface area contributed by atoms with Crippen molar-refractivity contribution in [3.63, 3.8) is 0 Å². The Morgan fingerprint density at radius 1 is 1.44 bits per heavy atom. The summed E-state index contributed by atoms with van der Waals surface area (Å²) in [6.45, 7) is 9.80. The van der Waals surface area contributed by atoms with E-state index in [0.717, 1.165) is 19.4 Å². The lowest BCUT2D eigenvalue weighted by atomic mass is 10.2. The van der Waals surface area contributed by atoms with Gasteiger partial charge in [-0.05, 0) is 26.7 Å². The predicted molar refractivity (Wildman–Crippen MR) is 70.3 cm³/mol. The van der Waals surface area contributed by atoms with Gasteiger partial charge in [-0.25, -0.2) is 0 Å². The number of carbonyl (C=O) groups is 1. The van der Waals surface area contributed by atoms with Crippen LogP contribution in [0.4, 0.5) is 0 Å². The van der Waals surface area contributed by atoms with Crippen molar-refractivity contribution in [2.75, 3.05) is 20.3 Å². The Bertz CT molecular complexity index is 192. The Labute approximate surface area is 110 Å². The van der Waals surface area contributed by atoms with Crippen LogP contribution in [0.2, 0.25) is 0 Å². The van der Waals surface area contributed by atoms with Crippen LogP contribution >= 0.6 is 0 Å². The van der Waals surface area contributed by atoms with Gasteiger partial charge in [0.2, 0.25) is 0 Å². The topological polar surface area (TPSA) is 65.0 Å². The molecule has 1 atom stereocenters. The summed E-state index contributed by atoms with van der Waals surface area (Å²) >= 11 is 0. The minimum absolute atomic E-state index is 0.156. The van der Waals surface area contributed by atoms with E-state index in [1.54, 1.807) is 13.8 Å². The fourth-order valence-electron chi connectivity index (χ4n) is 0.986. The third kappa shape index (κ3) is 15.4. The van der Waals surface area contributed by atoms with Gasteiger partial charge in [0.15, 0.2) is 5.79 Å². The van der Waals surface area contributed by atoms with Crippen molar-refractivity contribution >= 4 is 5.97 Å².